The number of likely N-dealkylation sites (N-methyl/N-ethyl adjacent to an activating group) is 1. The maximum Gasteiger partial charge on any atom is 0.341 e. The minimum atomic E-state index is -1.09. The minimum absolute atomic E-state index is 0.212. The number of carboxylic acid groups (broad SMARTS) is 1. The Labute approximate surface area is 201 Å². The summed E-state index contributed by atoms with van der Waals surface area (Å²) in [4.78, 5) is 41.8. The van der Waals surface area contributed by atoms with E-state index in [4.69, 9.17) is 19.3 Å². The maximum atomic E-state index is 12.8. The van der Waals surface area contributed by atoms with Crippen LogP contribution in [0.1, 0.15) is 29.8 Å². The zero-order chi connectivity index (χ0) is 24.7. The van der Waals surface area contributed by atoms with Crippen molar-refractivity contribution < 1.29 is 33.7 Å². The number of carbonyl (C=O) groups excluding carboxylic acids is 2. The monoisotopic (exact) mass is 484 g/mol. The second kappa shape index (κ2) is 11.4. The molecule has 0 bridgehead atoms. The van der Waals surface area contributed by atoms with Gasteiger partial charge in [-0.25, -0.2) is 14.6 Å². The van der Waals surface area contributed by atoms with Crippen molar-refractivity contribution in [2.24, 2.45) is 4.99 Å². The highest BCUT2D eigenvalue weighted by molar-refractivity contribution is 8.18. The molecular weight excluding hydrogens is 460 g/mol. The van der Waals surface area contributed by atoms with Crippen molar-refractivity contribution >= 4 is 46.5 Å². The van der Waals surface area contributed by atoms with Crippen LogP contribution in [0.15, 0.2) is 52.4 Å². The van der Waals surface area contributed by atoms with E-state index in [1.54, 1.807) is 69.4 Å². The standard InChI is InChI=1S/C24H24N2O7S/c1-4-31-19-12-15(6-11-18(19)33-14-21(27)28)13-20-22(29)26(3)24(34-20)25-17-9-7-16(8-10-17)23(30)32-5-2/h6-13H,4-5,14H2,1-3H3,(H,27,28). The number of carbonyl (C=O) groups is 3. The maximum absolute atomic E-state index is 12.8. The van der Waals surface area contributed by atoms with Gasteiger partial charge in [0.1, 0.15) is 0 Å². The summed E-state index contributed by atoms with van der Waals surface area (Å²) in [7, 11) is 1.64. The molecule has 1 saturated heterocycles. The highest BCUT2D eigenvalue weighted by Crippen LogP contribution is 2.35. The lowest BCUT2D eigenvalue weighted by atomic mass is 10.2. The van der Waals surface area contributed by atoms with E-state index in [1.165, 1.54) is 16.7 Å². The molecule has 0 spiro atoms. The second-order valence-corrected chi connectivity index (χ2v) is 7.97. The predicted molar refractivity (Wildman–Crippen MR) is 129 cm³/mol. The Bertz CT molecular complexity index is 1140. The van der Waals surface area contributed by atoms with Gasteiger partial charge in [0.2, 0.25) is 0 Å². The zero-order valence-electron chi connectivity index (χ0n) is 18.9. The molecule has 9 nitrogen and oxygen atoms in total. The quantitative estimate of drug-likeness (QED) is 0.420. The van der Waals surface area contributed by atoms with E-state index in [-0.39, 0.29) is 5.91 Å². The third-order valence-electron chi connectivity index (χ3n) is 4.52. The number of thioether (sulfide) groups is 1. The number of amides is 1. The highest BCUT2D eigenvalue weighted by atomic mass is 32.2. The lowest BCUT2D eigenvalue weighted by molar-refractivity contribution is -0.139. The van der Waals surface area contributed by atoms with Crippen molar-refractivity contribution in [3.05, 3.63) is 58.5 Å². The molecule has 1 aliphatic heterocycles. The van der Waals surface area contributed by atoms with Gasteiger partial charge in [-0.15, -0.1) is 0 Å². The first-order chi connectivity index (χ1) is 16.3. The topological polar surface area (TPSA) is 115 Å². The van der Waals surface area contributed by atoms with Crippen LogP contribution in [0.5, 0.6) is 11.5 Å². The van der Waals surface area contributed by atoms with E-state index in [0.29, 0.717) is 51.6 Å². The van der Waals surface area contributed by atoms with Crippen molar-refractivity contribution in [1.29, 1.82) is 0 Å². The van der Waals surface area contributed by atoms with Gasteiger partial charge in [0.25, 0.3) is 5.91 Å². The molecule has 0 saturated carbocycles. The molecule has 178 valence electrons. The average molecular weight is 485 g/mol. The molecule has 0 unspecified atom stereocenters. The zero-order valence-corrected chi connectivity index (χ0v) is 19.8. The summed E-state index contributed by atoms with van der Waals surface area (Å²) in [6.45, 7) is 3.73. The van der Waals surface area contributed by atoms with Crippen LogP contribution in [-0.2, 0) is 14.3 Å². The van der Waals surface area contributed by atoms with Crippen molar-refractivity contribution in [3.63, 3.8) is 0 Å². The molecule has 0 radical (unpaired) electrons. The van der Waals surface area contributed by atoms with Gasteiger partial charge in [-0.3, -0.25) is 9.69 Å². The molecule has 3 rings (SSSR count). The summed E-state index contributed by atoms with van der Waals surface area (Å²) < 4.78 is 15.8. The molecular formula is C24H24N2O7S. The number of ether oxygens (including phenoxy) is 3. The van der Waals surface area contributed by atoms with Crippen LogP contribution in [0, 0.1) is 0 Å². The molecule has 1 amide bonds. The Morgan fingerprint density at radius 2 is 1.79 bits per heavy atom. The molecule has 1 N–H and O–H groups in total. The Morgan fingerprint density at radius 1 is 1.06 bits per heavy atom. The molecule has 1 aliphatic rings. The fraction of sp³-hybridized carbons (Fsp3) is 0.250. The summed E-state index contributed by atoms with van der Waals surface area (Å²) in [5, 5.41) is 9.32. The van der Waals surface area contributed by atoms with Gasteiger partial charge >= 0.3 is 11.9 Å². The third-order valence-corrected chi connectivity index (χ3v) is 5.58. The summed E-state index contributed by atoms with van der Waals surface area (Å²) in [6.07, 6.45) is 1.71. The van der Waals surface area contributed by atoms with E-state index in [0.717, 1.165) is 0 Å². The number of esters is 1. The molecule has 34 heavy (non-hydrogen) atoms. The largest absolute Gasteiger partial charge is 0.490 e. The number of hydrogen-bond acceptors (Lipinski definition) is 8. The van der Waals surface area contributed by atoms with Crippen LogP contribution in [0.25, 0.3) is 6.08 Å². The van der Waals surface area contributed by atoms with E-state index in [2.05, 4.69) is 4.99 Å². The smallest absolute Gasteiger partial charge is 0.341 e. The van der Waals surface area contributed by atoms with E-state index >= 15 is 0 Å². The molecule has 10 heteroatoms. The van der Waals surface area contributed by atoms with Crippen molar-refractivity contribution in [2.75, 3.05) is 26.9 Å². The molecule has 0 aliphatic carbocycles. The van der Waals surface area contributed by atoms with Gasteiger partial charge in [0.05, 0.1) is 29.4 Å². The van der Waals surface area contributed by atoms with Crippen LogP contribution in [0.3, 0.4) is 0 Å². The van der Waals surface area contributed by atoms with Crippen LogP contribution in [-0.4, -0.2) is 59.9 Å². The number of hydrogen-bond donors (Lipinski definition) is 1. The van der Waals surface area contributed by atoms with Crippen LogP contribution < -0.4 is 9.47 Å². The number of amidine groups is 1. The van der Waals surface area contributed by atoms with Gasteiger partial charge in [0, 0.05) is 7.05 Å². The summed E-state index contributed by atoms with van der Waals surface area (Å²) in [5.41, 5.74) is 1.71. The van der Waals surface area contributed by atoms with Gasteiger partial charge in [0.15, 0.2) is 23.3 Å². The van der Waals surface area contributed by atoms with Crippen molar-refractivity contribution in [1.82, 2.24) is 4.90 Å². The number of benzene rings is 2. The van der Waals surface area contributed by atoms with E-state index in [1.807, 2.05) is 0 Å². The first-order valence-electron chi connectivity index (χ1n) is 10.5. The second-order valence-electron chi connectivity index (χ2n) is 6.96. The van der Waals surface area contributed by atoms with Crippen LogP contribution in [0.4, 0.5) is 5.69 Å². The van der Waals surface area contributed by atoms with E-state index in [9.17, 15) is 14.4 Å². The van der Waals surface area contributed by atoms with Gasteiger partial charge in [-0.05, 0) is 73.6 Å². The molecule has 2 aromatic rings. The summed E-state index contributed by atoms with van der Waals surface area (Å²) >= 11 is 1.22. The Hall–Kier alpha value is -3.79. The van der Waals surface area contributed by atoms with Crippen molar-refractivity contribution in [3.8, 4) is 11.5 Å². The summed E-state index contributed by atoms with van der Waals surface area (Å²) in [5.74, 6) is -1.01. The predicted octanol–water partition coefficient (Wildman–Crippen LogP) is 3.96. The van der Waals surface area contributed by atoms with Gasteiger partial charge in [-0.1, -0.05) is 6.07 Å². The van der Waals surface area contributed by atoms with Gasteiger partial charge in [-0.2, -0.15) is 0 Å². The van der Waals surface area contributed by atoms with Crippen LogP contribution in [0.2, 0.25) is 0 Å². The Balaban J connectivity index is 1.80. The SMILES string of the molecule is CCOC(=O)c1ccc(N=C2SC(=Cc3ccc(OCC(=O)O)c(OCC)c3)C(=O)N2C)cc1. The minimum Gasteiger partial charge on any atom is -0.490 e. The Kier molecular flexibility index (Phi) is 8.31. The fourth-order valence-electron chi connectivity index (χ4n) is 2.94. The first kappa shape index (κ1) is 24.8. The number of aliphatic imine (C=N–C) groups is 1. The fourth-order valence-corrected chi connectivity index (χ4v) is 3.93. The Morgan fingerprint density at radius 3 is 2.44 bits per heavy atom. The average Bonchev–Trinajstić information content (AvgIpc) is 3.07. The molecule has 1 heterocycles. The lowest BCUT2D eigenvalue weighted by Gasteiger charge is -2.11. The normalized spacial score (nSPS) is 15.6. The third kappa shape index (κ3) is 6.16. The van der Waals surface area contributed by atoms with E-state index < -0.39 is 18.5 Å². The molecule has 0 atom stereocenters. The number of rotatable bonds is 9. The van der Waals surface area contributed by atoms with Crippen LogP contribution >= 0.6 is 11.8 Å². The highest BCUT2D eigenvalue weighted by Gasteiger charge is 2.30. The lowest BCUT2D eigenvalue weighted by Crippen LogP contribution is -2.23. The molecule has 0 aromatic heterocycles. The van der Waals surface area contributed by atoms with Gasteiger partial charge < -0.3 is 19.3 Å². The first-order valence-corrected chi connectivity index (χ1v) is 11.3. The molecule has 1 fully saturated rings. The summed E-state index contributed by atoms with van der Waals surface area (Å²) in [6, 6.07) is 11.6. The number of carboxylic acids is 1. The number of aliphatic carboxylic acids is 1. The number of nitrogens with zero attached hydrogens (tertiary/aromatic N) is 2. The van der Waals surface area contributed by atoms with Crippen molar-refractivity contribution in [2.45, 2.75) is 13.8 Å². The molecule has 2 aromatic carbocycles.